The predicted molar refractivity (Wildman–Crippen MR) is 84.1 cm³/mol. The van der Waals surface area contributed by atoms with Crippen molar-refractivity contribution >= 4 is 16.5 Å². The van der Waals surface area contributed by atoms with E-state index in [-0.39, 0.29) is 6.61 Å². The maximum absolute atomic E-state index is 9.57. The van der Waals surface area contributed by atoms with Gasteiger partial charge >= 0.3 is 0 Å². The average Bonchev–Trinajstić information content (AvgIpc) is 2.88. The number of hydrogen-bond donors (Lipinski definition) is 1. The maximum Gasteiger partial charge on any atom is 0.185 e. The molecule has 0 amide bonds. The number of nitrogens with zero attached hydrogens (tertiary/aromatic N) is 2. The molecule has 4 heteroatoms. The highest BCUT2D eigenvalue weighted by molar-refractivity contribution is 7.16. The smallest absolute Gasteiger partial charge is 0.185 e. The lowest BCUT2D eigenvalue weighted by molar-refractivity contribution is 0.286. The maximum atomic E-state index is 9.57. The van der Waals surface area contributed by atoms with Crippen LogP contribution in [0.5, 0.6) is 0 Å². The van der Waals surface area contributed by atoms with Crippen LogP contribution in [-0.4, -0.2) is 23.7 Å². The van der Waals surface area contributed by atoms with Crippen molar-refractivity contribution in [2.45, 2.75) is 25.9 Å². The summed E-state index contributed by atoms with van der Waals surface area (Å²) >= 11 is 1.60. The molecule has 0 radical (unpaired) electrons. The molecule has 20 heavy (non-hydrogen) atoms. The molecule has 0 spiro atoms. The van der Waals surface area contributed by atoms with Gasteiger partial charge in [-0.15, -0.1) is 0 Å². The molecule has 0 atom stereocenters. The van der Waals surface area contributed by atoms with Gasteiger partial charge < -0.3 is 10.0 Å². The second-order valence-electron chi connectivity index (χ2n) is 5.47. The lowest BCUT2D eigenvalue weighted by atomic mass is 9.85. The second-order valence-corrected chi connectivity index (χ2v) is 6.53. The fourth-order valence-corrected chi connectivity index (χ4v) is 3.48. The Morgan fingerprint density at radius 3 is 2.65 bits per heavy atom. The zero-order valence-electron chi connectivity index (χ0n) is 11.7. The third kappa shape index (κ3) is 2.72. The predicted octanol–water partition coefficient (Wildman–Crippen LogP) is 3.54. The van der Waals surface area contributed by atoms with Crippen LogP contribution in [0.3, 0.4) is 0 Å². The van der Waals surface area contributed by atoms with E-state index in [1.807, 2.05) is 30.3 Å². The fraction of sp³-hybridized carbons (Fsp3) is 0.438. The van der Waals surface area contributed by atoms with Crippen LogP contribution in [0.25, 0.3) is 11.3 Å². The van der Waals surface area contributed by atoms with E-state index in [1.54, 1.807) is 11.3 Å². The van der Waals surface area contributed by atoms with Crippen molar-refractivity contribution in [1.82, 2.24) is 4.98 Å². The summed E-state index contributed by atoms with van der Waals surface area (Å²) in [6.45, 7) is 1.13. The fourth-order valence-electron chi connectivity index (χ4n) is 2.57. The van der Waals surface area contributed by atoms with E-state index in [1.165, 1.54) is 19.3 Å². The van der Waals surface area contributed by atoms with Crippen molar-refractivity contribution in [2.75, 3.05) is 18.5 Å². The molecular weight excluding hydrogens is 268 g/mol. The van der Waals surface area contributed by atoms with E-state index in [0.717, 1.165) is 33.7 Å². The lowest BCUT2D eigenvalue weighted by Crippen LogP contribution is -2.29. The Balaban J connectivity index is 1.84. The van der Waals surface area contributed by atoms with Crippen LogP contribution in [0.15, 0.2) is 30.3 Å². The van der Waals surface area contributed by atoms with Gasteiger partial charge in [0.1, 0.15) is 0 Å². The molecule has 0 unspecified atom stereocenters. The number of benzene rings is 1. The lowest BCUT2D eigenvalue weighted by Gasteiger charge is -2.29. The Bertz CT molecular complexity index is 563. The molecule has 3 rings (SSSR count). The minimum Gasteiger partial charge on any atom is -0.391 e. The molecule has 0 saturated heterocycles. The van der Waals surface area contributed by atoms with Gasteiger partial charge in [0.05, 0.1) is 17.2 Å². The zero-order chi connectivity index (χ0) is 13.9. The first-order valence-electron chi connectivity index (χ1n) is 7.15. The Hall–Kier alpha value is -1.39. The van der Waals surface area contributed by atoms with E-state index >= 15 is 0 Å². The zero-order valence-corrected chi connectivity index (χ0v) is 12.6. The Morgan fingerprint density at radius 1 is 1.30 bits per heavy atom. The van der Waals surface area contributed by atoms with Gasteiger partial charge in [-0.25, -0.2) is 4.98 Å². The summed E-state index contributed by atoms with van der Waals surface area (Å²) in [5.74, 6) is 0.821. The molecule has 1 heterocycles. The van der Waals surface area contributed by atoms with Gasteiger partial charge in [0.15, 0.2) is 5.13 Å². The molecule has 1 N–H and O–H groups in total. The topological polar surface area (TPSA) is 36.4 Å². The average molecular weight is 288 g/mol. The van der Waals surface area contributed by atoms with Gasteiger partial charge in [-0.3, -0.25) is 0 Å². The van der Waals surface area contributed by atoms with Crippen LogP contribution in [0.1, 0.15) is 24.1 Å². The largest absolute Gasteiger partial charge is 0.391 e. The van der Waals surface area contributed by atoms with Gasteiger partial charge in [-0.2, -0.15) is 0 Å². The summed E-state index contributed by atoms with van der Waals surface area (Å²) < 4.78 is 0. The first-order valence-corrected chi connectivity index (χ1v) is 7.96. The normalized spacial score (nSPS) is 15.1. The van der Waals surface area contributed by atoms with Crippen LogP contribution < -0.4 is 4.90 Å². The van der Waals surface area contributed by atoms with Gasteiger partial charge in [0, 0.05) is 19.2 Å². The molecule has 106 valence electrons. The van der Waals surface area contributed by atoms with Gasteiger partial charge in [-0.05, 0) is 18.8 Å². The Labute approximate surface area is 123 Å². The molecule has 0 bridgehead atoms. The Kier molecular flexibility index (Phi) is 4.03. The second kappa shape index (κ2) is 5.94. The molecule has 1 aliphatic rings. The van der Waals surface area contributed by atoms with Crippen LogP contribution in [0.2, 0.25) is 0 Å². The van der Waals surface area contributed by atoms with E-state index in [0.29, 0.717) is 0 Å². The third-order valence-corrected chi connectivity index (χ3v) is 5.11. The van der Waals surface area contributed by atoms with E-state index in [2.05, 4.69) is 11.9 Å². The van der Waals surface area contributed by atoms with Crippen molar-refractivity contribution in [3.63, 3.8) is 0 Å². The number of rotatable bonds is 5. The summed E-state index contributed by atoms with van der Waals surface area (Å²) in [7, 11) is 2.10. The van der Waals surface area contributed by atoms with E-state index in [9.17, 15) is 5.11 Å². The van der Waals surface area contributed by atoms with Crippen molar-refractivity contribution in [2.24, 2.45) is 5.92 Å². The van der Waals surface area contributed by atoms with E-state index in [4.69, 9.17) is 4.98 Å². The number of aliphatic hydroxyl groups excluding tert-OH is 1. The molecule has 1 saturated carbocycles. The minimum atomic E-state index is 0.0547. The van der Waals surface area contributed by atoms with Gasteiger partial charge in [-0.1, -0.05) is 48.1 Å². The molecule has 1 aliphatic carbocycles. The van der Waals surface area contributed by atoms with Gasteiger partial charge in [0.2, 0.25) is 0 Å². The summed E-state index contributed by atoms with van der Waals surface area (Å²) in [6.07, 6.45) is 4.05. The highest BCUT2D eigenvalue weighted by Crippen LogP contribution is 2.34. The van der Waals surface area contributed by atoms with E-state index < -0.39 is 0 Å². The quantitative estimate of drug-likeness (QED) is 0.914. The molecule has 3 nitrogen and oxygen atoms in total. The first kappa shape index (κ1) is 13.6. The number of thiazole rings is 1. The molecule has 1 aromatic heterocycles. The first-order chi connectivity index (χ1) is 9.78. The number of hydrogen-bond acceptors (Lipinski definition) is 4. The molecule has 1 fully saturated rings. The highest BCUT2D eigenvalue weighted by Gasteiger charge is 2.21. The standard InChI is InChI=1S/C16H20N2OS/c1-18(10-12-6-5-7-12)16-17-15(14(11-19)20-16)13-8-3-2-4-9-13/h2-4,8-9,12,19H,5-7,10-11H2,1H3. The van der Waals surface area contributed by atoms with Crippen molar-refractivity contribution in [3.8, 4) is 11.3 Å². The monoisotopic (exact) mass is 288 g/mol. The molecule has 0 aliphatic heterocycles. The van der Waals surface area contributed by atoms with Crippen LogP contribution >= 0.6 is 11.3 Å². The number of aliphatic hydroxyl groups is 1. The summed E-state index contributed by atoms with van der Waals surface area (Å²) in [6, 6.07) is 10.1. The third-order valence-electron chi connectivity index (χ3n) is 3.96. The number of aromatic nitrogens is 1. The van der Waals surface area contributed by atoms with Crippen LogP contribution in [0, 0.1) is 5.92 Å². The highest BCUT2D eigenvalue weighted by atomic mass is 32.1. The number of anilines is 1. The summed E-state index contributed by atoms with van der Waals surface area (Å²) in [5.41, 5.74) is 2.00. The molecule has 1 aromatic carbocycles. The van der Waals surface area contributed by atoms with Crippen molar-refractivity contribution < 1.29 is 5.11 Å². The van der Waals surface area contributed by atoms with Crippen molar-refractivity contribution in [3.05, 3.63) is 35.2 Å². The molecule has 2 aromatic rings. The minimum absolute atomic E-state index is 0.0547. The van der Waals surface area contributed by atoms with Crippen LogP contribution in [0.4, 0.5) is 5.13 Å². The SMILES string of the molecule is CN(CC1CCC1)c1nc(-c2ccccc2)c(CO)s1. The summed E-state index contributed by atoms with van der Waals surface area (Å²) in [5, 5.41) is 10.6. The van der Waals surface area contributed by atoms with Crippen LogP contribution in [-0.2, 0) is 6.61 Å². The molecular formula is C16H20N2OS. The Morgan fingerprint density at radius 2 is 2.05 bits per heavy atom. The van der Waals surface area contributed by atoms with Gasteiger partial charge in [0.25, 0.3) is 0 Å². The summed E-state index contributed by atoms with van der Waals surface area (Å²) in [4.78, 5) is 7.93. The van der Waals surface area contributed by atoms with Crippen molar-refractivity contribution in [1.29, 1.82) is 0 Å².